The smallest absolute Gasteiger partial charge is 0.163 e. The molecule has 0 amide bonds. The van der Waals surface area contributed by atoms with Crippen molar-refractivity contribution < 1.29 is 4.39 Å². The molecule has 4 rings (SSSR count). The van der Waals surface area contributed by atoms with Gasteiger partial charge in [0, 0.05) is 44.8 Å². The summed E-state index contributed by atoms with van der Waals surface area (Å²) < 4.78 is 14.9. The Kier molecular flexibility index (Phi) is 4.27. The van der Waals surface area contributed by atoms with Gasteiger partial charge in [0.2, 0.25) is 0 Å². The standard InChI is InChI=1S/C17H18ClFN6/c1-23-16-14(9-22-23)17(21-11-20-16)25-6-4-24(5-7-25)10-12-2-3-13(19)8-15(12)18/h2-3,8-9,11H,4-7,10H2,1H3. The summed E-state index contributed by atoms with van der Waals surface area (Å²) in [7, 11) is 1.88. The predicted octanol–water partition coefficient (Wildman–Crippen LogP) is 2.48. The van der Waals surface area contributed by atoms with E-state index < -0.39 is 0 Å². The van der Waals surface area contributed by atoms with E-state index in [2.05, 4.69) is 24.9 Å². The summed E-state index contributed by atoms with van der Waals surface area (Å²) in [5, 5.41) is 5.72. The Bertz CT molecular complexity index is 903. The molecule has 1 aromatic carbocycles. The average molecular weight is 361 g/mol. The van der Waals surface area contributed by atoms with Crippen LogP contribution in [0.5, 0.6) is 0 Å². The molecule has 1 aliphatic heterocycles. The Labute approximate surface area is 149 Å². The third-order valence-electron chi connectivity index (χ3n) is 4.59. The van der Waals surface area contributed by atoms with E-state index in [4.69, 9.17) is 11.6 Å². The van der Waals surface area contributed by atoms with Gasteiger partial charge in [0.25, 0.3) is 0 Å². The lowest BCUT2D eigenvalue weighted by molar-refractivity contribution is 0.249. The first-order valence-electron chi connectivity index (χ1n) is 8.16. The number of piperazine rings is 1. The summed E-state index contributed by atoms with van der Waals surface area (Å²) in [4.78, 5) is 13.3. The van der Waals surface area contributed by atoms with Gasteiger partial charge in [-0.15, -0.1) is 0 Å². The highest BCUT2D eigenvalue weighted by molar-refractivity contribution is 6.31. The van der Waals surface area contributed by atoms with Gasteiger partial charge in [-0.1, -0.05) is 17.7 Å². The van der Waals surface area contributed by atoms with Crippen molar-refractivity contribution in [2.75, 3.05) is 31.1 Å². The zero-order chi connectivity index (χ0) is 17.4. The first-order valence-corrected chi connectivity index (χ1v) is 8.53. The maximum Gasteiger partial charge on any atom is 0.163 e. The van der Waals surface area contributed by atoms with Crippen molar-refractivity contribution in [3.05, 3.63) is 47.1 Å². The van der Waals surface area contributed by atoms with Gasteiger partial charge >= 0.3 is 0 Å². The van der Waals surface area contributed by atoms with Crippen LogP contribution in [0.1, 0.15) is 5.56 Å². The first-order chi connectivity index (χ1) is 12.1. The quantitative estimate of drug-likeness (QED) is 0.718. The van der Waals surface area contributed by atoms with Crippen LogP contribution < -0.4 is 4.90 Å². The van der Waals surface area contributed by atoms with Crippen LogP contribution in [0.4, 0.5) is 10.2 Å². The van der Waals surface area contributed by atoms with Crippen LogP contribution in [0.15, 0.2) is 30.7 Å². The molecule has 25 heavy (non-hydrogen) atoms. The Balaban J connectivity index is 1.46. The summed E-state index contributed by atoms with van der Waals surface area (Å²) >= 11 is 6.14. The number of aromatic nitrogens is 4. The molecule has 0 spiro atoms. The molecule has 1 saturated heterocycles. The topological polar surface area (TPSA) is 50.1 Å². The fourth-order valence-electron chi connectivity index (χ4n) is 3.21. The van der Waals surface area contributed by atoms with Crippen molar-refractivity contribution in [1.29, 1.82) is 0 Å². The van der Waals surface area contributed by atoms with Gasteiger partial charge in [-0.2, -0.15) is 5.10 Å². The maximum atomic E-state index is 13.2. The number of anilines is 1. The highest BCUT2D eigenvalue weighted by Gasteiger charge is 2.21. The van der Waals surface area contributed by atoms with Crippen molar-refractivity contribution in [3.8, 4) is 0 Å². The number of halogens is 2. The monoisotopic (exact) mass is 360 g/mol. The van der Waals surface area contributed by atoms with Crippen molar-refractivity contribution in [2.24, 2.45) is 7.05 Å². The van der Waals surface area contributed by atoms with Crippen LogP contribution in [-0.2, 0) is 13.6 Å². The largest absolute Gasteiger partial charge is 0.353 e. The Hall–Kier alpha value is -2.25. The van der Waals surface area contributed by atoms with Crippen LogP contribution >= 0.6 is 11.6 Å². The normalized spacial score (nSPS) is 15.9. The van der Waals surface area contributed by atoms with E-state index in [0.717, 1.165) is 55.1 Å². The van der Waals surface area contributed by atoms with E-state index in [1.54, 1.807) is 17.1 Å². The first kappa shape index (κ1) is 16.2. The van der Waals surface area contributed by atoms with Gasteiger partial charge in [-0.05, 0) is 17.7 Å². The van der Waals surface area contributed by atoms with Gasteiger partial charge in [0.05, 0.1) is 11.6 Å². The summed E-state index contributed by atoms with van der Waals surface area (Å²) in [5.74, 6) is 0.625. The summed E-state index contributed by atoms with van der Waals surface area (Å²) in [5.41, 5.74) is 1.79. The second kappa shape index (κ2) is 6.57. The number of nitrogens with zero attached hydrogens (tertiary/aromatic N) is 6. The molecule has 8 heteroatoms. The van der Waals surface area contributed by atoms with Crippen LogP contribution in [0.25, 0.3) is 11.0 Å². The van der Waals surface area contributed by atoms with Crippen LogP contribution in [0, 0.1) is 5.82 Å². The molecule has 0 N–H and O–H groups in total. The van der Waals surface area contributed by atoms with Gasteiger partial charge in [-0.3, -0.25) is 9.58 Å². The second-order valence-corrected chi connectivity index (χ2v) is 6.61. The fraction of sp³-hybridized carbons (Fsp3) is 0.353. The summed E-state index contributed by atoms with van der Waals surface area (Å²) in [6, 6.07) is 4.58. The fourth-order valence-corrected chi connectivity index (χ4v) is 3.44. The molecule has 0 atom stereocenters. The van der Waals surface area contributed by atoms with Crippen LogP contribution in [0.3, 0.4) is 0 Å². The van der Waals surface area contributed by atoms with E-state index in [1.165, 1.54) is 12.1 Å². The van der Waals surface area contributed by atoms with Gasteiger partial charge < -0.3 is 4.90 Å². The minimum atomic E-state index is -0.303. The Morgan fingerprint density at radius 1 is 1.16 bits per heavy atom. The molecule has 0 bridgehead atoms. The van der Waals surface area contributed by atoms with Crippen molar-refractivity contribution in [2.45, 2.75) is 6.54 Å². The number of aryl methyl sites for hydroxylation is 1. The highest BCUT2D eigenvalue weighted by atomic mass is 35.5. The molecular weight excluding hydrogens is 343 g/mol. The number of hydrogen-bond donors (Lipinski definition) is 0. The van der Waals surface area contributed by atoms with E-state index in [9.17, 15) is 4.39 Å². The lowest BCUT2D eigenvalue weighted by Crippen LogP contribution is -2.46. The lowest BCUT2D eigenvalue weighted by atomic mass is 10.2. The van der Waals surface area contributed by atoms with E-state index in [0.29, 0.717) is 5.02 Å². The van der Waals surface area contributed by atoms with Gasteiger partial charge in [0.1, 0.15) is 18.0 Å². The minimum absolute atomic E-state index is 0.303. The SMILES string of the molecule is Cn1ncc2c(N3CCN(Cc4ccc(F)cc4Cl)CC3)ncnc21. The molecule has 0 aliphatic carbocycles. The van der Waals surface area contributed by atoms with Crippen LogP contribution in [-0.4, -0.2) is 50.8 Å². The Morgan fingerprint density at radius 3 is 2.72 bits per heavy atom. The lowest BCUT2D eigenvalue weighted by Gasteiger charge is -2.35. The van der Waals surface area contributed by atoms with E-state index in [-0.39, 0.29) is 5.82 Å². The molecule has 6 nitrogen and oxygen atoms in total. The van der Waals surface area contributed by atoms with E-state index in [1.807, 2.05) is 13.2 Å². The number of fused-ring (bicyclic) bond motifs is 1. The zero-order valence-electron chi connectivity index (χ0n) is 13.9. The molecule has 0 saturated carbocycles. The minimum Gasteiger partial charge on any atom is -0.353 e. The number of hydrogen-bond acceptors (Lipinski definition) is 5. The highest BCUT2D eigenvalue weighted by Crippen LogP contribution is 2.24. The molecule has 130 valence electrons. The average Bonchev–Trinajstić information content (AvgIpc) is 3.00. The molecule has 0 unspecified atom stereocenters. The molecule has 3 heterocycles. The van der Waals surface area contributed by atoms with Crippen molar-refractivity contribution >= 4 is 28.5 Å². The van der Waals surface area contributed by atoms with Gasteiger partial charge in [-0.25, -0.2) is 14.4 Å². The molecule has 1 aliphatic rings. The molecular formula is C17H18ClFN6. The summed E-state index contributed by atoms with van der Waals surface area (Å²) in [6.45, 7) is 4.22. The molecule has 0 radical (unpaired) electrons. The van der Waals surface area contributed by atoms with E-state index >= 15 is 0 Å². The number of benzene rings is 1. The second-order valence-electron chi connectivity index (χ2n) is 6.20. The number of rotatable bonds is 3. The summed E-state index contributed by atoms with van der Waals surface area (Å²) in [6.07, 6.45) is 3.40. The van der Waals surface area contributed by atoms with Crippen molar-refractivity contribution in [3.63, 3.8) is 0 Å². The van der Waals surface area contributed by atoms with Crippen molar-refractivity contribution in [1.82, 2.24) is 24.6 Å². The van der Waals surface area contributed by atoms with Crippen LogP contribution in [0.2, 0.25) is 5.02 Å². The molecule has 2 aromatic heterocycles. The predicted molar refractivity (Wildman–Crippen MR) is 95.2 cm³/mol. The van der Waals surface area contributed by atoms with Gasteiger partial charge in [0.15, 0.2) is 5.65 Å². The Morgan fingerprint density at radius 2 is 1.96 bits per heavy atom. The third kappa shape index (κ3) is 3.17. The zero-order valence-corrected chi connectivity index (χ0v) is 14.6. The maximum absolute atomic E-state index is 13.2. The molecule has 3 aromatic rings. The molecule has 1 fully saturated rings. The third-order valence-corrected chi connectivity index (χ3v) is 4.94.